The molecule has 1 amide bonds. The molecular formula is C21H23N3O2. The fourth-order valence-electron chi connectivity index (χ4n) is 3.87. The highest BCUT2D eigenvalue weighted by atomic mass is 16.3. The van der Waals surface area contributed by atoms with Crippen molar-refractivity contribution in [1.82, 2.24) is 14.5 Å². The van der Waals surface area contributed by atoms with Gasteiger partial charge in [-0.05, 0) is 43.0 Å². The third kappa shape index (κ3) is 2.99. The van der Waals surface area contributed by atoms with Crippen LogP contribution in [0.2, 0.25) is 0 Å². The summed E-state index contributed by atoms with van der Waals surface area (Å²) < 4.78 is 1.96. The van der Waals surface area contributed by atoms with Crippen LogP contribution in [-0.2, 0) is 7.05 Å². The van der Waals surface area contributed by atoms with Gasteiger partial charge in [0, 0.05) is 37.2 Å². The topological polar surface area (TPSA) is 58.4 Å². The molecule has 2 aromatic heterocycles. The highest BCUT2D eigenvalue weighted by molar-refractivity contribution is 5.98. The molecule has 26 heavy (non-hydrogen) atoms. The van der Waals surface area contributed by atoms with E-state index < -0.39 is 6.10 Å². The zero-order valence-corrected chi connectivity index (χ0v) is 14.9. The predicted molar refractivity (Wildman–Crippen MR) is 101 cm³/mol. The number of hydrogen-bond acceptors (Lipinski definition) is 3. The molecule has 0 bridgehead atoms. The lowest BCUT2D eigenvalue weighted by Crippen LogP contribution is -2.40. The van der Waals surface area contributed by atoms with Gasteiger partial charge in [0.1, 0.15) is 5.69 Å². The molecule has 1 aliphatic rings. The summed E-state index contributed by atoms with van der Waals surface area (Å²) in [5.74, 6) is 0.205. The number of carbonyl (C=O) groups excluding carboxylic acids is 1. The van der Waals surface area contributed by atoms with Crippen LogP contribution in [-0.4, -0.2) is 38.6 Å². The monoisotopic (exact) mass is 349 g/mol. The van der Waals surface area contributed by atoms with Crippen molar-refractivity contribution in [2.45, 2.75) is 18.9 Å². The second-order valence-electron chi connectivity index (χ2n) is 6.98. The summed E-state index contributed by atoms with van der Waals surface area (Å²) in [4.78, 5) is 19.1. The van der Waals surface area contributed by atoms with Crippen molar-refractivity contribution >= 4 is 16.8 Å². The van der Waals surface area contributed by atoms with E-state index in [0.717, 1.165) is 29.4 Å². The van der Waals surface area contributed by atoms with Crippen molar-refractivity contribution in [3.63, 3.8) is 0 Å². The lowest BCUT2D eigenvalue weighted by Gasteiger charge is -2.34. The minimum absolute atomic E-state index is 0.0643. The zero-order valence-electron chi connectivity index (χ0n) is 14.9. The van der Waals surface area contributed by atoms with Gasteiger partial charge in [-0.1, -0.05) is 24.3 Å². The maximum absolute atomic E-state index is 13.0. The number of aliphatic hydroxyl groups excluding tert-OH is 1. The van der Waals surface area contributed by atoms with Crippen LogP contribution in [0.25, 0.3) is 10.9 Å². The van der Waals surface area contributed by atoms with Gasteiger partial charge in [0.2, 0.25) is 0 Å². The van der Waals surface area contributed by atoms with Crippen molar-refractivity contribution in [3.8, 4) is 0 Å². The molecule has 0 radical (unpaired) electrons. The molecule has 3 aromatic rings. The Kier molecular flexibility index (Phi) is 4.47. The normalized spacial score (nSPS) is 16.8. The number of nitrogens with zero attached hydrogens (tertiary/aromatic N) is 3. The van der Waals surface area contributed by atoms with Gasteiger partial charge in [-0.3, -0.25) is 9.78 Å². The van der Waals surface area contributed by atoms with Crippen LogP contribution in [0, 0.1) is 5.92 Å². The molecule has 0 spiro atoms. The molecule has 0 saturated carbocycles. The SMILES string of the molecule is Cn1c(C(=O)N2CCC([C@@H](O)c3ccccn3)CC2)cc2ccccc21. The van der Waals surface area contributed by atoms with Gasteiger partial charge in [-0.25, -0.2) is 0 Å². The summed E-state index contributed by atoms with van der Waals surface area (Å²) in [7, 11) is 1.94. The second kappa shape index (κ2) is 6.92. The number of fused-ring (bicyclic) bond motifs is 1. The largest absolute Gasteiger partial charge is 0.387 e. The van der Waals surface area contributed by atoms with E-state index in [1.54, 1.807) is 6.20 Å². The van der Waals surface area contributed by atoms with Crippen LogP contribution in [0.3, 0.4) is 0 Å². The molecule has 1 saturated heterocycles. The first kappa shape index (κ1) is 16.8. The molecule has 4 rings (SSSR count). The average Bonchev–Trinajstić information content (AvgIpc) is 3.04. The van der Waals surface area contributed by atoms with E-state index in [1.807, 2.05) is 65.0 Å². The van der Waals surface area contributed by atoms with E-state index in [0.29, 0.717) is 18.8 Å². The average molecular weight is 349 g/mol. The Hall–Kier alpha value is -2.66. The molecule has 5 nitrogen and oxygen atoms in total. The Morgan fingerprint density at radius 3 is 2.58 bits per heavy atom. The Morgan fingerprint density at radius 1 is 1.15 bits per heavy atom. The Bertz CT molecular complexity index is 911. The van der Waals surface area contributed by atoms with Gasteiger partial charge < -0.3 is 14.6 Å². The number of likely N-dealkylation sites (tertiary alicyclic amines) is 1. The van der Waals surface area contributed by atoms with Crippen molar-refractivity contribution in [1.29, 1.82) is 0 Å². The fraction of sp³-hybridized carbons (Fsp3) is 0.333. The number of aliphatic hydroxyl groups is 1. The minimum atomic E-state index is -0.564. The molecule has 1 atom stereocenters. The van der Waals surface area contributed by atoms with Crippen molar-refractivity contribution in [2.75, 3.05) is 13.1 Å². The summed E-state index contributed by atoms with van der Waals surface area (Å²) in [6.07, 6.45) is 2.71. The number of para-hydroxylation sites is 1. The van der Waals surface area contributed by atoms with Crippen LogP contribution < -0.4 is 0 Å². The van der Waals surface area contributed by atoms with Crippen molar-refractivity contribution in [2.24, 2.45) is 13.0 Å². The van der Waals surface area contributed by atoms with Crippen LogP contribution >= 0.6 is 0 Å². The molecular weight excluding hydrogens is 326 g/mol. The molecule has 5 heteroatoms. The lowest BCUT2D eigenvalue weighted by atomic mass is 9.89. The number of pyridine rings is 1. The lowest BCUT2D eigenvalue weighted by molar-refractivity contribution is 0.0442. The standard InChI is InChI=1S/C21H23N3O2/c1-23-18-8-3-2-6-16(18)14-19(23)21(26)24-12-9-15(10-13-24)20(25)17-7-4-5-11-22-17/h2-8,11,14-15,20,25H,9-10,12-13H2,1H3/t20-/m1/s1. The third-order valence-electron chi connectivity index (χ3n) is 5.43. The van der Waals surface area contributed by atoms with Gasteiger partial charge in [0.15, 0.2) is 0 Å². The van der Waals surface area contributed by atoms with Gasteiger partial charge in [0.25, 0.3) is 5.91 Å². The van der Waals surface area contributed by atoms with Crippen LogP contribution in [0.5, 0.6) is 0 Å². The number of hydrogen-bond donors (Lipinski definition) is 1. The molecule has 1 aliphatic heterocycles. The molecule has 1 aromatic carbocycles. The van der Waals surface area contributed by atoms with Gasteiger partial charge in [0.05, 0.1) is 11.8 Å². The summed E-state index contributed by atoms with van der Waals surface area (Å²) in [5, 5.41) is 11.6. The van der Waals surface area contributed by atoms with E-state index in [-0.39, 0.29) is 11.8 Å². The Balaban J connectivity index is 1.46. The molecule has 3 heterocycles. The zero-order chi connectivity index (χ0) is 18.1. The van der Waals surface area contributed by atoms with Gasteiger partial charge in [-0.2, -0.15) is 0 Å². The number of piperidine rings is 1. The van der Waals surface area contributed by atoms with Gasteiger partial charge >= 0.3 is 0 Å². The van der Waals surface area contributed by atoms with Crippen LogP contribution in [0.15, 0.2) is 54.7 Å². The Morgan fingerprint density at radius 2 is 1.88 bits per heavy atom. The number of carbonyl (C=O) groups is 1. The van der Waals surface area contributed by atoms with Crippen molar-refractivity contribution in [3.05, 3.63) is 66.1 Å². The predicted octanol–water partition coefficient (Wildman–Crippen LogP) is 3.16. The first-order valence-electron chi connectivity index (χ1n) is 9.08. The second-order valence-corrected chi connectivity index (χ2v) is 6.98. The van der Waals surface area contributed by atoms with Crippen LogP contribution in [0.4, 0.5) is 0 Å². The first-order valence-corrected chi connectivity index (χ1v) is 9.08. The summed E-state index contributed by atoms with van der Waals surface area (Å²) in [6.45, 7) is 1.32. The minimum Gasteiger partial charge on any atom is -0.387 e. The Labute approximate surface area is 152 Å². The number of amides is 1. The number of benzene rings is 1. The van der Waals surface area contributed by atoms with Crippen LogP contribution in [0.1, 0.15) is 35.1 Å². The van der Waals surface area contributed by atoms with Crippen molar-refractivity contribution < 1.29 is 9.90 Å². The highest BCUT2D eigenvalue weighted by Gasteiger charge is 2.30. The maximum atomic E-state index is 13.0. The van der Waals surface area contributed by atoms with E-state index in [9.17, 15) is 9.90 Å². The van der Waals surface area contributed by atoms with Gasteiger partial charge in [-0.15, -0.1) is 0 Å². The summed E-state index contributed by atoms with van der Waals surface area (Å²) >= 11 is 0. The quantitative estimate of drug-likeness (QED) is 0.790. The molecule has 0 unspecified atom stereocenters. The van der Waals surface area contributed by atoms with E-state index >= 15 is 0 Å². The summed E-state index contributed by atoms with van der Waals surface area (Å²) in [5.41, 5.74) is 2.50. The molecule has 1 fully saturated rings. The highest BCUT2D eigenvalue weighted by Crippen LogP contribution is 2.30. The smallest absolute Gasteiger partial charge is 0.270 e. The van der Waals surface area contributed by atoms with E-state index in [2.05, 4.69) is 4.98 Å². The molecule has 1 N–H and O–H groups in total. The number of aromatic nitrogens is 2. The number of aryl methyl sites for hydroxylation is 1. The number of rotatable bonds is 3. The van der Waals surface area contributed by atoms with E-state index in [4.69, 9.17) is 0 Å². The van der Waals surface area contributed by atoms with E-state index in [1.165, 1.54) is 0 Å². The fourth-order valence-corrected chi connectivity index (χ4v) is 3.87. The maximum Gasteiger partial charge on any atom is 0.270 e. The molecule has 0 aliphatic carbocycles. The molecule has 134 valence electrons. The first-order chi connectivity index (χ1) is 12.6. The summed E-state index contributed by atoms with van der Waals surface area (Å²) in [6, 6.07) is 15.6. The third-order valence-corrected chi connectivity index (χ3v) is 5.43.